The Balaban J connectivity index is 2.25. The summed E-state index contributed by atoms with van der Waals surface area (Å²) in [6.07, 6.45) is 5.68. The minimum Gasteiger partial charge on any atom is -0.383 e. The van der Waals surface area contributed by atoms with Crippen molar-refractivity contribution in [3.05, 3.63) is 22.9 Å². The van der Waals surface area contributed by atoms with Gasteiger partial charge in [0, 0.05) is 39.1 Å². The highest BCUT2D eigenvalue weighted by molar-refractivity contribution is 4.81. The number of aryl methyl sites for hydroxylation is 2. The number of nitrogens with zero attached hydrogens (tertiary/aromatic N) is 2. The van der Waals surface area contributed by atoms with Crippen molar-refractivity contribution in [2.45, 2.75) is 32.9 Å². The van der Waals surface area contributed by atoms with E-state index >= 15 is 0 Å². The number of ether oxygens (including phenoxy) is 1. The summed E-state index contributed by atoms with van der Waals surface area (Å²) in [5, 5.41) is 3.26. The van der Waals surface area contributed by atoms with Crippen LogP contribution in [0.25, 0.3) is 0 Å². The van der Waals surface area contributed by atoms with Gasteiger partial charge in [0.1, 0.15) is 0 Å². The van der Waals surface area contributed by atoms with Crippen LogP contribution in [0.1, 0.15) is 19.8 Å². The maximum atomic E-state index is 11.8. The number of hydrogen-bond donors (Lipinski definition) is 1. The van der Waals surface area contributed by atoms with E-state index in [0.29, 0.717) is 0 Å². The number of imidazole rings is 1. The first-order chi connectivity index (χ1) is 8.29. The van der Waals surface area contributed by atoms with E-state index in [2.05, 4.69) is 12.2 Å². The molecule has 0 radical (unpaired) electrons. The summed E-state index contributed by atoms with van der Waals surface area (Å²) in [5.74, 6) is 0. The Morgan fingerprint density at radius 3 is 2.59 bits per heavy atom. The fourth-order valence-electron chi connectivity index (χ4n) is 1.71. The maximum absolute atomic E-state index is 11.8. The van der Waals surface area contributed by atoms with Gasteiger partial charge in [-0.05, 0) is 19.4 Å². The zero-order valence-electron chi connectivity index (χ0n) is 10.8. The summed E-state index contributed by atoms with van der Waals surface area (Å²) in [6.45, 7) is 6.15. The van der Waals surface area contributed by atoms with E-state index in [9.17, 15) is 4.79 Å². The number of hydrogen-bond acceptors (Lipinski definition) is 3. The number of rotatable bonds is 9. The van der Waals surface area contributed by atoms with Crippen molar-refractivity contribution in [1.29, 1.82) is 0 Å². The predicted molar refractivity (Wildman–Crippen MR) is 68.3 cm³/mol. The topological polar surface area (TPSA) is 48.2 Å². The fraction of sp³-hybridized carbons (Fsp3) is 0.750. The van der Waals surface area contributed by atoms with E-state index in [1.807, 2.05) is 12.4 Å². The van der Waals surface area contributed by atoms with Crippen molar-refractivity contribution in [1.82, 2.24) is 14.5 Å². The zero-order chi connectivity index (χ0) is 12.5. The highest BCUT2D eigenvalue weighted by atomic mass is 16.5. The van der Waals surface area contributed by atoms with Crippen LogP contribution in [-0.4, -0.2) is 35.9 Å². The first-order valence-electron chi connectivity index (χ1n) is 6.24. The van der Waals surface area contributed by atoms with Crippen LogP contribution in [0.15, 0.2) is 17.2 Å². The molecule has 1 aromatic rings. The second-order valence-electron chi connectivity index (χ2n) is 4.06. The van der Waals surface area contributed by atoms with Crippen LogP contribution in [0.2, 0.25) is 0 Å². The summed E-state index contributed by atoms with van der Waals surface area (Å²) in [7, 11) is 1.69. The van der Waals surface area contributed by atoms with Crippen LogP contribution in [0, 0.1) is 0 Å². The van der Waals surface area contributed by atoms with Crippen LogP contribution >= 0.6 is 0 Å². The molecule has 0 saturated heterocycles. The van der Waals surface area contributed by atoms with E-state index in [4.69, 9.17) is 4.74 Å². The lowest BCUT2D eigenvalue weighted by Crippen LogP contribution is -2.26. The first-order valence-corrected chi connectivity index (χ1v) is 6.24. The molecule has 0 saturated carbocycles. The van der Waals surface area contributed by atoms with Gasteiger partial charge in [-0.1, -0.05) is 6.92 Å². The Hall–Kier alpha value is -1.07. The summed E-state index contributed by atoms with van der Waals surface area (Å²) in [5.41, 5.74) is 0.101. The van der Waals surface area contributed by atoms with E-state index in [1.165, 1.54) is 0 Å². The molecule has 0 amide bonds. The average molecular weight is 241 g/mol. The van der Waals surface area contributed by atoms with Gasteiger partial charge < -0.3 is 10.1 Å². The summed E-state index contributed by atoms with van der Waals surface area (Å²) < 4.78 is 8.47. The Labute approximate surface area is 102 Å². The van der Waals surface area contributed by atoms with Gasteiger partial charge in [-0.25, -0.2) is 4.79 Å². The molecular formula is C12H23N3O2. The normalized spacial score (nSPS) is 10.9. The van der Waals surface area contributed by atoms with Crippen molar-refractivity contribution < 1.29 is 4.74 Å². The van der Waals surface area contributed by atoms with E-state index in [-0.39, 0.29) is 5.69 Å². The highest BCUT2D eigenvalue weighted by Crippen LogP contribution is 1.90. The fourth-order valence-corrected chi connectivity index (χ4v) is 1.71. The third-order valence-corrected chi connectivity index (χ3v) is 2.62. The largest absolute Gasteiger partial charge is 0.383 e. The third-order valence-electron chi connectivity index (χ3n) is 2.62. The minimum absolute atomic E-state index is 0.101. The predicted octanol–water partition coefficient (Wildman–Crippen LogP) is 0.686. The van der Waals surface area contributed by atoms with Crippen molar-refractivity contribution in [2.24, 2.45) is 0 Å². The van der Waals surface area contributed by atoms with Gasteiger partial charge in [-0.2, -0.15) is 0 Å². The average Bonchev–Trinajstić information content (AvgIpc) is 2.67. The maximum Gasteiger partial charge on any atom is 0.328 e. The molecule has 1 aromatic heterocycles. The standard InChI is InChI=1S/C12H23N3O2/c1-3-7-14-9-10-15(12(14)16)8-4-5-13-6-11-17-2/h9-10,13H,3-8,11H2,1-2H3. The summed E-state index contributed by atoms with van der Waals surface area (Å²) in [4.78, 5) is 11.8. The Kier molecular flexibility index (Phi) is 6.65. The molecule has 0 aliphatic rings. The SMILES string of the molecule is CCCn1ccn(CCCNCCOC)c1=O. The number of methoxy groups -OCH3 is 1. The lowest BCUT2D eigenvalue weighted by molar-refractivity contribution is 0.199. The van der Waals surface area contributed by atoms with Gasteiger partial charge in [0.05, 0.1) is 6.61 Å². The number of aromatic nitrogens is 2. The molecule has 0 spiro atoms. The molecule has 0 aliphatic heterocycles. The van der Waals surface area contributed by atoms with Crippen LogP contribution < -0.4 is 11.0 Å². The Morgan fingerprint density at radius 2 is 1.94 bits per heavy atom. The lowest BCUT2D eigenvalue weighted by Gasteiger charge is -2.04. The third kappa shape index (κ3) is 4.75. The van der Waals surface area contributed by atoms with Gasteiger partial charge in [0.2, 0.25) is 0 Å². The molecule has 0 atom stereocenters. The van der Waals surface area contributed by atoms with Crippen LogP contribution in [-0.2, 0) is 17.8 Å². The molecular weight excluding hydrogens is 218 g/mol. The Morgan fingerprint density at radius 1 is 1.24 bits per heavy atom. The van der Waals surface area contributed by atoms with E-state index < -0.39 is 0 Å². The molecule has 5 heteroatoms. The Bertz CT molecular complexity index is 357. The van der Waals surface area contributed by atoms with Gasteiger partial charge in [0.25, 0.3) is 0 Å². The smallest absolute Gasteiger partial charge is 0.328 e. The summed E-state index contributed by atoms with van der Waals surface area (Å²) >= 11 is 0. The van der Waals surface area contributed by atoms with Crippen molar-refractivity contribution in [2.75, 3.05) is 26.8 Å². The van der Waals surface area contributed by atoms with Gasteiger partial charge in [0.15, 0.2) is 0 Å². The molecule has 5 nitrogen and oxygen atoms in total. The van der Waals surface area contributed by atoms with Gasteiger partial charge >= 0.3 is 5.69 Å². The molecule has 1 rings (SSSR count). The van der Waals surface area contributed by atoms with Crippen LogP contribution in [0.4, 0.5) is 0 Å². The van der Waals surface area contributed by atoms with Crippen molar-refractivity contribution in [3.63, 3.8) is 0 Å². The number of nitrogens with one attached hydrogen (secondary N) is 1. The molecule has 98 valence electrons. The van der Waals surface area contributed by atoms with Crippen molar-refractivity contribution >= 4 is 0 Å². The molecule has 1 heterocycles. The monoisotopic (exact) mass is 241 g/mol. The van der Waals surface area contributed by atoms with Crippen LogP contribution in [0.5, 0.6) is 0 Å². The second-order valence-corrected chi connectivity index (χ2v) is 4.06. The molecule has 0 fully saturated rings. The van der Waals surface area contributed by atoms with Gasteiger partial charge in [-0.15, -0.1) is 0 Å². The molecule has 0 bridgehead atoms. The second kappa shape index (κ2) is 8.08. The molecule has 0 aromatic carbocycles. The van der Waals surface area contributed by atoms with Gasteiger partial charge in [-0.3, -0.25) is 9.13 Å². The molecule has 0 aliphatic carbocycles. The zero-order valence-corrected chi connectivity index (χ0v) is 10.8. The van der Waals surface area contributed by atoms with Crippen LogP contribution in [0.3, 0.4) is 0 Å². The molecule has 1 N–H and O–H groups in total. The lowest BCUT2D eigenvalue weighted by atomic mass is 10.4. The quantitative estimate of drug-likeness (QED) is 0.647. The van der Waals surface area contributed by atoms with E-state index in [0.717, 1.165) is 45.6 Å². The molecule has 17 heavy (non-hydrogen) atoms. The highest BCUT2D eigenvalue weighted by Gasteiger charge is 2.01. The van der Waals surface area contributed by atoms with Crippen molar-refractivity contribution in [3.8, 4) is 0 Å². The first kappa shape index (κ1) is 14.0. The summed E-state index contributed by atoms with van der Waals surface area (Å²) in [6, 6.07) is 0. The minimum atomic E-state index is 0.101. The molecule has 0 unspecified atom stereocenters. The van der Waals surface area contributed by atoms with E-state index in [1.54, 1.807) is 16.2 Å².